The van der Waals surface area contributed by atoms with Gasteiger partial charge < -0.3 is 5.32 Å². The first-order valence-electron chi connectivity index (χ1n) is 6.59. The fraction of sp³-hybridized carbons (Fsp3) is 0.267. The average molecular weight is 284 g/mol. The number of nitriles is 1. The molecular formula is C15H16N4O2. The summed E-state index contributed by atoms with van der Waals surface area (Å²) in [6.45, 7) is 3.71. The quantitative estimate of drug-likeness (QED) is 0.928. The second kappa shape index (κ2) is 6.09. The number of carbonyl (C=O) groups is 1. The third-order valence-electron chi connectivity index (χ3n) is 3.07. The molecule has 0 unspecified atom stereocenters. The van der Waals surface area contributed by atoms with Crippen molar-refractivity contribution in [2.75, 3.05) is 5.32 Å². The molecule has 0 atom stereocenters. The van der Waals surface area contributed by atoms with E-state index in [0.29, 0.717) is 11.3 Å². The Hall–Kier alpha value is -2.81. The molecule has 1 aromatic heterocycles. The van der Waals surface area contributed by atoms with Gasteiger partial charge in [-0.1, -0.05) is 12.1 Å². The molecule has 0 saturated carbocycles. The molecule has 0 fully saturated rings. The van der Waals surface area contributed by atoms with E-state index in [0.717, 1.165) is 0 Å². The van der Waals surface area contributed by atoms with Crippen molar-refractivity contribution in [1.82, 2.24) is 9.13 Å². The van der Waals surface area contributed by atoms with Gasteiger partial charge in [0, 0.05) is 18.4 Å². The molecule has 0 bridgehead atoms. The number of nitrogens with zero attached hydrogens (tertiary/aromatic N) is 3. The topological polar surface area (TPSA) is 79.8 Å². The highest BCUT2D eigenvalue weighted by molar-refractivity contribution is 5.91. The largest absolute Gasteiger partial charge is 0.328 e. The maximum atomic E-state index is 12.0. The van der Waals surface area contributed by atoms with Crippen LogP contribution in [0.25, 0.3) is 0 Å². The lowest BCUT2D eigenvalue weighted by atomic mass is 10.2. The molecule has 2 rings (SSSR count). The Morgan fingerprint density at radius 2 is 2.05 bits per heavy atom. The van der Waals surface area contributed by atoms with Crippen LogP contribution in [0.2, 0.25) is 0 Å². The molecule has 1 aromatic carbocycles. The molecule has 0 aliphatic rings. The number of amides is 1. The first kappa shape index (κ1) is 14.6. The van der Waals surface area contributed by atoms with E-state index in [1.165, 1.54) is 4.57 Å². The van der Waals surface area contributed by atoms with Gasteiger partial charge in [0.25, 0.3) is 0 Å². The van der Waals surface area contributed by atoms with Crippen LogP contribution < -0.4 is 11.0 Å². The van der Waals surface area contributed by atoms with E-state index in [1.807, 2.05) is 19.9 Å². The molecule has 0 spiro atoms. The molecule has 0 aliphatic heterocycles. The molecule has 1 amide bonds. The predicted octanol–water partition coefficient (Wildman–Crippen LogP) is 1.74. The monoisotopic (exact) mass is 284 g/mol. The number of hydrogen-bond acceptors (Lipinski definition) is 3. The number of anilines is 1. The normalized spacial score (nSPS) is 10.4. The molecule has 6 heteroatoms. The number of carbonyl (C=O) groups excluding carboxylic acids is 1. The molecule has 0 aliphatic carbocycles. The van der Waals surface area contributed by atoms with E-state index in [2.05, 4.69) is 5.32 Å². The first-order chi connectivity index (χ1) is 10.0. The zero-order valence-electron chi connectivity index (χ0n) is 11.9. The zero-order valence-corrected chi connectivity index (χ0v) is 11.9. The van der Waals surface area contributed by atoms with Gasteiger partial charge in [-0.2, -0.15) is 5.26 Å². The number of hydrogen-bond donors (Lipinski definition) is 1. The molecule has 108 valence electrons. The maximum absolute atomic E-state index is 12.0. The van der Waals surface area contributed by atoms with Gasteiger partial charge in [0.05, 0.1) is 11.3 Å². The lowest BCUT2D eigenvalue weighted by Crippen LogP contribution is -2.29. The Morgan fingerprint density at radius 1 is 1.33 bits per heavy atom. The SMILES string of the molecule is CC(C)n1ccn(CC(=O)Nc2ccccc2C#N)c1=O. The van der Waals surface area contributed by atoms with Crippen molar-refractivity contribution >= 4 is 11.6 Å². The molecule has 1 heterocycles. The first-order valence-corrected chi connectivity index (χ1v) is 6.59. The van der Waals surface area contributed by atoms with Crippen LogP contribution in [0.3, 0.4) is 0 Å². The number of rotatable bonds is 4. The Morgan fingerprint density at radius 3 is 2.67 bits per heavy atom. The van der Waals surface area contributed by atoms with Gasteiger partial charge in [-0.25, -0.2) is 4.79 Å². The fourth-order valence-corrected chi connectivity index (χ4v) is 1.98. The average Bonchev–Trinajstić information content (AvgIpc) is 2.81. The Kier molecular flexibility index (Phi) is 4.24. The number of imidazole rings is 1. The fourth-order valence-electron chi connectivity index (χ4n) is 1.98. The third kappa shape index (κ3) is 3.20. The number of benzene rings is 1. The minimum atomic E-state index is -0.346. The van der Waals surface area contributed by atoms with Crippen LogP contribution in [0.1, 0.15) is 25.5 Å². The molecule has 2 aromatic rings. The van der Waals surface area contributed by atoms with Gasteiger partial charge in [0.15, 0.2) is 0 Å². The molecule has 6 nitrogen and oxygen atoms in total. The van der Waals surface area contributed by atoms with Crippen LogP contribution in [0.4, 0.5) is 5.69 Å². The standard InChI is InChI=1S/C15H16N4O2/c1-11(2)19-8-7-18(15(19)21)10-14(20)17-13-6-4-3-5-12(13)9-16/h3-8,11H,10H2,1-2H3,(H,17,20). The third-order valence-corrected chi connectivity index (χ3v) is 3.07. The second-order valence-electron chi connectivity index (χ2n) is 4.92. The van der Waals surface area contributed by atoms with E-state index in [4.69, 9.17) is 5.26 Å². The molecule has 0 radical (unpaired) electrons. The summed E-state index contributed by atoms with van der Waals surface area (Å²) >= 11 is 0. The van der Waals surface area contributed by atoms with Gasteiger partial charge in [-0.05, 0) is 26.0 Å². The van der Waals surface area contributed by atoms with E-state index >= 15 is 0 Å². The van der Waals surface area contributed by atoms with Crippen molar-refractivity contribution in [3.63, 3.8) is 0 Å². The van der Waals surface area contributed by atoms with Gasteiger partial charge in [-0.3, -0.25) is 13.9 Å². The minimum absolute atomic E-state index is 0.0427. The van der Waals surface area contributed by atoms with Crippen LogP contribution >= 0.6 is 0 Å². The second-order valence-corrected chi connectivity index (χ2v) is 4.92. The molecule has 0 saturated heterocycles. The lowest BCUT2D eigenvalue weighted by molar-refractivity contribution is -0.116. The number of para-hydroxylation sites is 1. The summed E-state index contributed by atoms with van der Waals surface area (Å²) in [6, 6.07) is 8.78. The highest BCUT2D eigenvalue weighted by Crippen LogP contribution is 2.13. The van der Waals surface area contributed by atoms with Crippen LogP contribution in [0.5, 0.6) is 0 Å². The molecule has 21 heavy (non-hydrogen) atoms. The molecular weight excluding hydrogens is 268 g/mol. The Bertz CT molecular complexity index is 750. The van der Waals surface area contributed by atoms with Crippen LogP contribution in [-0.4, -0.2) is 15.0 Å². The van der Waals surface area contributed by atoms with Crippen LogP contribution in [0.15, 0.2) is 41.5 Å². The maximum Gasteiger partial charge on any atom is 0.328 e. The number of aromatic nitrogens is 2. The van der Waals surface area contributed by atoms with Gasteiger partial charge in [0.1, 0.15) is 12.6 Å². The van der Waals surface area contributed by atoms with Gasteiger partial charge in [-0.15, -0.1) is 0 Å². The van der Waals surface area contributed by atoms with Gasteiger partial charge >= 0.3 is 5.69 Å². The van der Waals surface area contributed by atoms with Crippen molar-refractivity contribution in [2.45, 2.75) is 26.4 Å². The highest BCUT2D eigenvalue weighted by atomic mass is 16.2. The molecule has 1 N–H and O–H groups in total. The summed E-state index contributed by atoms with van der Waals surface area (Å²) in [5.41, 5.74) is 0.605. The Labute approximate surface area is 122 Å². The van der Waals surface area contributed by atoms with Crippen molar-refractivity contribution in [1.29, 1.82) is 5.26 Å². The summed E-state index contributed by atoms with van der Waals surface area (Å²) in [7, 11) is 0. The highest BCUT2D eigenvalue weighted by Gasteiger charge is 2.11. The summed E-state index contributed by atoms with van der Waals surface area (Å²) in [5, 5.41) is 11.6. The smallest absolute Gasteiger partial charge is 0.323 e. The summed E-state index contributed by atoms with van der Waals surface area (Å²) in [6.07, 6.45) is 3.24. The minimum Gasteiger partial charge on any atom is -0.323 e. The van der Waals surface area contributed by atoms with Crippen molar-refractivity contribution in [2.24, 2.45) is 0 Å². The van der Waals surface area contributed by atoms with E-state index in [1.54, 1.807) is 41.2 Å². The van der Waals surface area contributed by atoms with E-state index < -0.39 is 0 Å². The zero-order chi connectivity index (χ0) is 15.4. The van der Waals surface area contributed by atoms with E-state index in [-0.39, 0.29) is 24.2 Å². The van der Waals surface area contributed by atoms with E-state index in [9.17, 15) is 9.59 Å². The van der Waals surface area contributed by atoms with Crippen molar-refractivity contribution < 1.29 is 4.79 Å². The predicted molar refractivity (Wildman–Crippen MR) is 78.9 cm³/mol. The summed E-state index contributed by atoms with van der Waals surface area (Å²) < 4.78 is 2.89. The number of nitrogens with one attached hydrogen (secondary N) is 1. The Balaban J connectivity index is 2.13. The van der Waals surface area contributed by atoms with Crippen molar-refractivity contribution in [3.05, 3.63) is 52.7 Å². The lowest BCUT2D eigenvalue weighted by Gasteiger charge is -2.07. The van der Waals surface area contributed by atoms with Crippen molar-refractivity contribution in [3.8, 4) is 6.07 Å². The van der Waals surface area contributed by atoms with Crippen LogP contribution in [-0.2, 0) is 11.3 Å². The summed E-state index contributed by atoms with van der Waals surface area (Å²) in [4.78, 5) is 24.0. The van der Waals surface area contributed by atoms with Gasteiger partial charge in [0.2, 0.25) is 5.91 Å². The van der Waals surface area contributed by atoms with Crippen LogP contribution in [0, 0.1) is 11.3 Å². The summed E-state index contributed by atoms with van der Waals surface area (Å²) in [5.74, 6) is -0.346.